The topological polar surface area (TPSA) is 65.8 Å². The third-order valence-electron chi connectivity index (χ3n) is 4.35. The summed E-state index contributed by atoms with van der Waals surface area (Å²) in [5, 5.41) is 8.61. The molecule has 0 radical (unpaired) electrons. The molecule has 0 aliphatic heterocycles. The van der Waals surface area contributed by atoms with Gasteiger partial charge in [-0.25, -0.2) is 5.43 Å². The Morgan fingerprint density at radius 2 is 1.23 bits per heavy atom. The number of hydrogen-bond donors (Lipinski definition) is 2. The molecule has 3 rings (SSSR count). The van der Waals surface area contributed by atoms with E-state index in [2.05, 4.69) is 52.9 Å². The van der Waals surface area contributed by atoms with Crippen molar-refractivity contribution in [2.45, 2.75) is 13.8 Å². The smallest absolute Gasteiger partial charge is 0.271 e. The lowest BCUT2D eigenvalue weighted by Crippen LogP contribution is -2.19. The SMILES string of the molecule is C/C(=N\NC(=O)c1ccc(N/N=C(\C)c2ccccc2Br)cc1)c1ccccc1Br. The number of anilines is 1. The van der Waals surface area contributed by atoms with Gasteiger partial charge in [-0.2, -0.15) is 10.2 Å². The van der Waals surface area contributed by atoms with E-state index in [1.807, 2.05) is 62.4 Å². The first kappa shape index (κ1) is 21.9. The largest absolute Gasteiger partial charge is 0.278 e. The summed E-state index contributed by atoms with van der Waals surface area (Å²) >= 11 is 7.01. The van der Waals surface area contributed by atoms with Crippen LogP contribution in [0.4, 0.5) is 5.69 Å². The van der Waals surface area contributed by atoms with Crippen molar-refractivity contribution in [2.24, 2.45) is 10.2 Å². The van der Waals surface area contributed by atoms with Crippen LogP contribution in [0.2, 0.25) is 0 Å². The summed E-state index contributed by atoms with van der Waals surface area (Å²) < 4.78 is 1.91. The number of amides is 1. The van der Waals surface area contributed by atoms with E-state index in [4.69, 9.17) is 0 Å². The van der Waals surface area contributed by atoms with Crippen molar-refractivity contribution < 1.29 is 4.79 Å². The van der Waals surface area contributed by atoms with Crippen LogP contribution in [-0.2, 0) is 0 Å². The van der Waals surface area contributed by atoms with E-state index in [1.54, 1.807) is 24.3 Å². The van der Waals surface area contributed by atoms with Crippen LogP contribution in [0.25, 0.3) is 0 Å². The standard InChI is InChI=1S/C23H20Br2N4O/c1-15(19-7-3-5-9-21(19)24)26-28-18-13-11-17(12-14-18)23(30)29-27-16(2)20-8-4-6-10-22(20)25/h3-14,28H,1-2H3,(H,29,30)/b26-15+,27-16+. The summed E-state index contributed by atoms with van der Waals surface area (Å²) in [5.74, 6) is -0.277. The molecule has 0 fully saturated rings. The summed E-state index contributed by atoms with van der Waals surface area (Å²) in [4.78, 5) is 12.4. The zero-order chi connectivity index (χ0) is 21.5. The van der Waals surface area contributed by atoms with Crippen molar-refractivity contribution in [3.05, 3.63) is 98.4 Å². The lowest BCUT2D eigenvalue weighted by Gasteiger charge is -2.07. The van der Waals surface area contributed by atoms with Gasteiger partial charge < -0.3 is 0 Å². The Balaban J connectivity index is 1.63. The Morgan fingerprint density at radius 3 is 1.77 bits per heavy atom. The second-order valence-electron chi connectivity index (χ2n) is 6.48. The molecule has 7 heteroatoms. The van der Waals surface area contributed by atoms with Gasteiger partial charge in [0.05, 0.1) is 17.1 Å². The number of nitrogens with zero attached hydrogens (tertiary/aromatic N) is 2. The fourth-order valence-corrected chi connectivity index (χ4v) is 3.82. The Kier molecular flexibility index (Phi) is 7.54. The number of rotatable bonds is 6. The van der Waals surface area contributed by atoms with Gasteiger partial charge in [-0.3, -0.25) is 10.2 Å². The highest BCUT2D eigenvalue weighted by Gasteiger charge is 2.07. The summed E-state index contributed by atoms with van der Waals surface area (Å²) in [6.45, 7) is 3.78. The molecule has 0 aliphatic carbocycles. The minimum atomic E-state index is -0.277. The molecule has 3 aromatic carbocycles. The predicted octanol–water partition coefficient (Wildman–Crippen LogP) is 6.20. The van der Waals surface area contributed by atoms with E-state index >= 15 is 0 Å². The molecule has 2 N–H and O–H groups in total. The van der Waals surface area contributed by atoms with Crippen LogP contribution in [-0.4, -0.2) is 17.3 Å². The molecular weight excluding hydrogens is 508 g/mol. The molecular formula is C23H20Br2N4O. The molecule has 5 nitrogen and oxygen atoms in total. The van der Waals surface area contributed by atoms with Crippen LogP contribution < -0.4 is 10.9 Å². The van der Waals surface area contributed by atoms with E-state index in [0.717, 1.165) is 31.5 Å². The predicted molar refractivity (Wildman–Crippen MR) is 130 cm³/mol. The number of nitrogens with one attached hydrogen (secondary N) is 2. The zero-order valence-corrected chi connectivity index (χ0v) is 19.7. The molecule has 0 heterocycles. The summed E-state index contributed by atoms with van der Waals surface area (Å²) in [7, 11) is 0. The lowest BCUT2D eigenvalue weighted by molar-refractivity contribution is 0.0955. The normalized spacial score (nSPS) is 11.9. The molecule has 152 valence electrons. The maximum absolute atomic E-state index is 12.4. The van der Waals surface area contributed by atoms with Gasteiger partial charge >= 0.3 is 0 Å². The Hall–Kier alpha value is -2.77. The van der Waals surface area contributed by atoms with Crippen molar-refractivity contribution in [3.63, 3.8) is 0 Å². The molecule has 3 aromatic rings. The third kappa shape index (κ3) is 5.64. The maximum Gasteiger partial charge on any atom is 0.271 e. The van der Waals surface area contributed by atoms with Crippen LogP contribution in [0.15, 0.2) is 91.9 Å². The molecule has 0 saturated heterocycles. The quantitative estimate of drug-likeness (QED) is 0.296. The highest BCUT2D eigenvalue weighted by atomic mass is 79.9. The molecule has 0 aromatic heterocycles. The number of carbonyl (C=O) groups excluding carboxylic acids is 1. The van der Waals surface area contributed by atoms with Crippen LogP contribution >= 0.6 is 31.9 Å². The van der Waals surface area contributed by atoms with Crippen LogP contribution in [0.3, 0.4) is 0 Å². The summed E-state index contributed by atoms with van der Waals surface area (Å²) in [6.07, 6.45) is 0. The van der Waals surface area contributed by atoms with Gasteiger partial charge in [0.15, 0.2) is 0 Å². The first-order valence-electron chi connectivity index (χ1n) is 9.20. The molecule has 0 bridgehead atoms. The Bertz CT molecular complexity index is 1110. The minimum absolute atomic E-state index is 0.277. The van der Waals surface area contributed by atoms with Crippen LogP contribution in [0, 0.1) is 0 Å². The number of hydrogen-bond acceptors (Lipinski definition) is 4. The Morgan fingerprint density at radius 1 is 0.733 bits per heavy atom. The van der Waals surface area contributed by atoms with Gasteiger partial charge in [0.1, 0.15) is 0 Å². The van der Waals surface area contributed by atoms with Crippen LogP contribution in [0.5, 0.6) is 0 Å². The molecule has 0 saturated carbocycles. The van der Waals surface area contributed by atoms with Gasteiger partial charge in [0.25, 0.3) is 5.91 Å². The highest BCUT2D eigenvalue weighted by Crippen LogP contribution is 2.18. The van der Waals surface area contributed by atoms with Gasteiger partial charge in [-0.1, -0.05) is 68.3 Å². The maximum atomic E-state index is 12.4. The van der Waals surface area contributed by atoms with Crippen molar-refractivity contribution in [1.82, 2.24) is 5.43 Å². The van der Waals surface area contributed by atoms with Gasteiger partial charge in [0.2, 0.25) is 0 Å². The van der Waals surface area contributed by atoms with Crippen molar-refractivity contribution >= 4 is 54.9 Å². The minimum Gasteiger partial charge on any atom is -0.278 e. The fraction of sp³-hybridized carbons (Fsp3) is 0.0870. The van der Waals surface area contributed by atoms with E-state index in [0.29, 0.717) is 11.3 Å². The highest BCUT2D eigenvalue weighted by molar-refractivity contribution is 9.10. The molecule has 0 aliphatic rings. The fourth-order valence-electron chi connectivity index (χ4n) is 2.67. The summed E-state index contributed by atoms with van der Waals surface area (Å²) in [6, 6.07) is 22.7. The molecule has 0 spiro atoms. The van der Waals surface area contributed by atoms with Crippen molar-refractivity contribution in [3.8, 4) is 0 Å². The van der Waals surface area contributed by atoms with Gasteiger partial charge in [-0.15, -0.1) is 0 Å². The van der Waals surface area contributed by atoms with E-state index in [1.165, 1.54) is 0 Å². The van der Waals surface area contributed by atoms with Crippen molar-refractivity contribution in [2.75, 3.05) is 5.43 Å². The summed E-state index contributed by atoms with van der Waals surface area (Å²) in [5.41, 5.74) is 10.4. The molecule has 0 unspecified atom stereocenters. The van der Waals surface area contributed by atoms with Gasteiger partial charge in [-0.05, 0) is 50.2 Å². The van der Waals surface area contributed by atoms with Crippen LogP contribution in [0.1, 0.15) is 35.3 Å². The molecule has 1 amide bonds. The number of halogens is 2. The third-order valence-corrected chi connectivity index (χ3v) is 5.74. The second kappa shape index (κ2) is 10.3. The number of carbonyl (C=O) groups is 1. The van der Waals surface area contributed by atoms with E-state index < -0.39 is 0 Å². The number of benzene rings is 3. The average molecular weight is 528 g/mol. The lowest BCUT2D eigenvalue weighted by atomic mass is 10.1. The average Bonchev–Trinajstić information content (AvgIpc) is 2.76. The van der Waals surface area contributed by atoms with E-state index in [9.17, 15) is 4.79 Å². The monoisotopic (exact) mass is 526 g/mol. The second-order valence-corrected chi connectivity index (χ2v) is 8.19. The zero-order valence-electron chi connectivity index (χ0n) is 16.5. The van der Waals surface area contributed by atoms with Crippen molar-refractivity contribution in [1.29, 1.82) is 0 Å². The first-order chi connectivity index (χ1) is 14.5. The first-order valence-corrected chi connectivity index (χ1v) is 10.8. The van der Waals surface area contributed by atoms with E-state index in [-0.39, 0.29) is 5.91 Å². The molecule has 0 atom stereocenters. The Labute approximate surface area is 192 Å². The van der Waals surface area contributed by atoms with Gasteiger partial charge in [0, 0.05) is 25.6 Å². The molecule has 30 heavy (non-hydrogen) atoms. The number of hydrazone groups is 2.